The van der Waals surface area contributed by atoms with Crippen LogP contribution in [0.25, 0.3) is 0 Å². The van der Waals surface area contributed by atoms with Crippen molar-refractivity contribution in [3.05, 3.63) is 29.8 Å². The van der Waals surface area contributed by atoms with Crippen molar-refractivity contribution in [2.75, 3.05) is 18.2 Å². The average Bonchev–Trinajstić information content (AvgIpc) is 2.19. The molecule has 1 aromatic rings. The van der Waals surface area contributed by atoms with E-state index < -0.39 is 0 Å². The summed E-state index contributed by atoms with van der Waals surface area (Å²) in [6.07, 6.45) is 2.76. The quantitative estimate of drug-likeness (QED) is 0.730. The lowest BCUT2D eigenvalue weighted by molar-refractivity contribution is 0.302. The number of β-amino-alcohol motifs (C(OH)–C–C–N with tert-alkyl or cyclic N) is 1. The maximum atomic E-state index is 8.83. The summed E-state index contributed by atoms with van der Waals surface area (Å²) in [4.78, 5) is 0. The standard InChI is InChI=1S/C10H12N2O/c13-8-7-12-10-4-2-1-3-9(10)5-6-11-12/h1-4,6,13H,5,7-8H2. The predicted octanol–water partition coefficient (Wildman–Crippen LogP) is 1.03. The van der Waals surface area contributed by atoms with E-state index >= 15 is 0 Å². The van der Waals surface area contributed by atoms with Crippen molar-refractivity contribution < 1.29 is 5.11 Å². The summed E-state index contributed by atoms with van der Waals surface area (Å²) in [5, 5.41) is 14.9. The molecule has 1 aliphatic heterocycles. The van der Waals surface area contributed by atoms with Crippen LogP contribution in [0.15, 0.2) is 29.4 Å². The Bertz CT molecular complexity index is 322. The number of hydrogen-bond acceptors (Lipinski definition) is 3. The van der Waals surface area contributed by atoms with E-state index in [1.807, 2.05) is 29.4 Å². The van der Waals surface area contributed by atoms with Crippen LogP contribution < -0.4 is 5.01 Å². The highest BCUT2D eigenvalue weighted by Crippen LogP contribution is 2.23. The molecule has 0 spiro atoms. The van der Waals surface area contributed by atoms with Crippen molar-refractivity contribution in [2.45, 2.75) is 6.42 Å². The van der Waals surface area contributed by atoms with Gasteiger partial charge in [0.1, 0.15) is 0 Å². The Kier molecular flexibility index (Phi) is 2.27. The van der Waals surface area contributed by atoms with Gasteiger partial charge in [0, 0.05) is 12.6 Å². The lowest BCUT2D eigenvalue weighted by Gasteiger charge is -2.23. The average molecular weight is 176 g/mol. The van der Waals surface area contributed by atoms with Gasteiger partial charge in [-0.25, -0.2) is 0 Å². The summed E-state index contributed by atoms with van der Waals surface area (Å²) in [6, 6.07) is 8.13. The highest BCUT2D eigenvalue weighted by atomic mass is 16.3. The van der Waals surface area contributed by atoms with Gasteiger partial charge in [-0.1, -0.05) is 18.2 Å². The Morgan fingerprint density at radius 1 is 1.38 bits per heavy atom. The fourth-order valence-corrected chi connectivity index (χ4v) is 1.51. The van der Waals surface area contributed by atoms with Gasteiger partial charge in [0.15, 0.2) is 0 Å². The van der Waals surface area contributed by atoms with Gasteiger partial charge in [0.2, 0.25) is 0 Å². The largest absolute Gasteiger partial charge is 0.394 e. The van der Waals surface area contributed by atoms with Gasteiger partial charge in [-0.05, 0) is 11.6 Å². The van der Waals surface area contributed by atoms with Gasteiger partial charge < -0.3 is 5.11 Å². The molecule has 3 nitrogen and oxygen atoms in total. The van der Waals surface area contributed by atoms with Gasteiger partial charge in [-0.2, -0.15) is 5.10 Å². The number of anilines is 1. The first-order valence-electron chi connectivity index (χ1n) is 4.40. The van der Waals surface area contributed by atoms with E-state index in [0.717, 1.165) is 12.1 Å². The molecule has 1 N–H and O–H groups in total. The number of hydrogen-bond donors (Lipinski definition) is 1. The van der Waals surface area contributed by atoms with Crippen molar-refractivity contribution in [3.8, 4) is 0 Å². The molecule has 0 saturated carbocycles. The molecule has 2 rings (SSSR count). The molecule has 0 unspecified atom stereocenters. The summed E-state index contributed by atoms with van der Waals surface area (Å²) in [5.74, 6) is 0. The topological polar surface area (TPSA) is 35.8 Å². The number of para-hydroxylation sites is 1. The Labute approximate surface area is 77.3 Å². The van der Waals surface area contributed by atoms with Crippen LogP contribution in [0.5, 0.6) is 0 Å². The van der Waals surface area contributed by atoms with Crippen LogP contribution in [0, 0.1) is 0 Å². The minimum absolute atomic E-state index is 0.131. The third kappa shape index (κ3) is 1.55. The monoisotopic (exact) mass is 176 g/mol. The Morgan fingerprint density at radius 3 is 3.08 bits per heavy atom. The van der Waals surface area contributed by atoms with E-state index in [0.29, 0.717) is 6.54 Å². The summed E-state index contributed by atoms with van der Waals surface area (Å²) in [7, 11) is 0. The van der Waals surface area contributed by atoms with Crippen LogP contribution in [0.1, 0.15) is 5.56 Å². The van der Waals surface area contributed by atoms with Crippen LogP contribution in [0.3, 0.4) is 0 Å². The maximum Gasteiger partial charge on any atom is 0.0647 e. The molecule has 1 aromatic carbocycles. The van der Waals surface area contributed by atoms with E-state index in [9.17, 15) is 0 Å². The first-order chi connectivity index (χ1) is 6.42. The molecule has 1 heterocycles. The van der Waals surface area contributed by atoms with Crippen LogP contribution >= 0.6 is 0 Å². The SMILES string of the molecule is OCCN1N=CCc2ccccc21. The normalized spacial score (nSPS) is 14.4. The van der Waals surface area contributed by atoms with Crippen LogP contribution in [-0.4, -0.2) is 24.5 Å². The van der Waals surface area contributed by atoms with Crippen molar-refractivity contribution in [1.29, 1.82) is 0 Å². The third-order valence-electron chi connectivity index (χ3n) is 2.11. The zero-order valence-corrected chi connectivity index (χ0v) is 7.35. The number of aliphatic hydroxyl groups is 1. The van der Waals surface area contributed by atoms with Gasteiger partial charge >= 0.3 is 0 Å². The smallest absolute Gasteiger partial charge is 0.0647 e. The minimum Gasteiger partial charge on any atom is -0.394 e. The van der Waals surface area contributed by atoms with Crippen molar-refractivity contribution in [3.63, 3.8) is 0 Å². The zero-order chi connectivity index (χ0) is 9.10. The molecule has 13 heavy (non-hydrogen) atoms. The Morgan fingerprint density at radius 2 is 2.23 bits per heavy atom. The molecule has 1 aliphatic rings. The van der Waals surface area contributed by atoms with E-state index in [1.165, 1.54) is 5.56 Å². The number of fused-ring (bicyclic) bond motifs is 1. The maximum absolute atomic E-state index is 8.83. The van der Waals surface area contributed by atoms with Crippen LogP contribution in [0.4, 0.5) is 5.69 Å². The van der Waals surface area contributed by atoms with Gasteiger partial charge in [-0.15, -0.1) is 0 Å². The second-order valence-electron chi connectivity index (χ2n) is 2.98. The molecule has 0 radical (unpaired) electrons. The lowest BCUT2D eigenvalue weighted by Crippen LogP contribution is -2.24. The fourth-order valence-electron chi connectivity index (χ4n) is 1.51. The summed E-state index contributed by atoms with van der Waals surface area (Å²) < 4.78 is 0. The predicted molar refractivity (Wildman–Crippen MR) is 53.1 cm³/mol. The minimum atomic E-state index is 0.131. The Balaban J connectivity index is 2.31. The number of benzene rings is 1. The van der Waals surface area contributed by atoms with Crippen molar-refractivity contribution in [1.82, 2.24) is 0 Å². The molecule has 0 atom stereocenters. The fraction of sp³-hybridized carbons (Fsp3) is 0.300. The van der Waals surface area contributed by atoms with Crippen LogP contribution in [0.2, 0.25) is 0 Å². The first-order valence-corrected chi connectivity index (χ1v) is 4.40. The molecule has 3 heteroatoms. The van der Waals surface area contributed by atoms with Gasteiger partial charge in [0.25, 0.3) is 0 Å². The zero-order valence-electron chi connectivity index (χ0n) is 7.35. The van der Waals surface area contributed by atoms with Crippen molar-refractivity contribution in [2.24, 2.45) is 5.10 Å². The van der Waals surface area contributed by atoms with Gasteiger partial charge in [-0.3, -0.25) is 5.01 Å². The summed E-state index contributed by atoms with van der Waals surface area (Å²) in [5.41, 5.74) is 2.38. The highest BCUT2D eigenvalue weighted by Gasteiger charge is 2.11. The third-order valence-corrected chi connectivity index (χ3v) is 2.11. The summed E-state index contributed by atoms with van der Waals surface area (Å²) >= 11 is 0. The second kappa shape index (κ2) is 3.58. The molecule has 0 bridgehead atoms. The number of nitrogens with zero attached hydrogens (tertiary/aromatic N) is 2. The highest BCUT2D eigenvalue weighted by molar-refractivity contribution is 5.72. The van der Waals surface area contributed by atoms with E-state index in [2.05, 4.69) is 11.2 Å². The molecular weight excluding hydrogens is 164 g/mol. The van der Waals surface area contributed by atoms with E-state index in [-0.39, 0.29) is 6.61 Å². The molecule has 0 saturated heterocycles. The number of rotatable bonds is 2. The molecule has 0 amide bonds. The molecular formula is C10H12N2O. The molecule has 0 fully saturated rings. The van der Waals surface area contributed by atoms with E-state index in [4.69, 9.17) is 5.11 Å². The second-order valence-corrected chi connectivity index (χ2v) is 2.98. The van der Waals surface area contributed by atoms with Gasteiger partial charge in [0.05, 0.1) is 18.8 Å². The van der Waals surface area contributed by atoms with E-state index in [1.54, 1.807) is 0 Å². The number of hydrazone groups is 1. The van der Waals surface area contributed by atoms with Crippen LogP contribution in [-0.2, 0) is 6.42 Å². The first kappa shape index (κ1) is 8.26. The van der Waals surface area contributed by atoms with Crippen molar-refractivity contribution >= 4 is 11.9 Å². The molecule has 0 aromatic heterocycles. The molecule has 0 aliphatic carbocycles. The summed E-state index contributed by atoms with van der Waals surface area (Å²) in [6.45, 7) is 0.694. The Hall–Kier alpha value is -1.35. The molecule has 68 valence electrons. The number of aliphatic hydroxyl groups excluding tert-OH is 1. The lowest BCUT2D eigenvalue weighted by atomic mass is 10.1.